The van der Waals surface area contributed by atoms with E-state index in [4.69, 9.17) is 5.11 Å². The Kier molecular flexibility index (Phi) is 5.50. The molecule has 0 aliphatic heterocycles. The standard InChI is InChI=1S/C12H18N2O2/c1-10(11-5-8-13-9-6-11)14-7-3-2-4-12(15)16/h5-6,8-10,14H,2-4,7H2,1H3,(H,15,16)/t10-/m0/s1. The lowest BCUT2D eigenvalue weighted by atomic mass is 10.1. The molecule has 0 saturated heterocycles. The summed E-state index contributed by atoms with van der Waals surface area (Å²) in [6.45, 7) is 2.93. The minimum absolute atomic E-state index is 0.255. The molecule has 0 aromatic carbocycles. The van der Waals surface area contributed by atoms with Gasteiger partial charge in [-0.05, 0) is 44.0 Å². The summed E-state index contributed by atoms with van der Waals surface area (Å²) in [5, 5.41) is 11.8. The number of hydrogen-bond donors (Lipinski definition) is 2. The summed E-state index contributed by atoms with van der Waals surface area (Å²) in [6, 6.07) is 4.25. The summed E-state index contributed by atoms with van der Waals surface area (Å²) in [7, 11) is 0. The molecule has 0 aliphatic carbocycles. The van der Waals surface area contributed by atoms with E-state index < -0.39 is 5.97 Å². The number of pyridine rings is 1. The number of hydrogen-bond acceptors (Lipinski definition) is 3. The van der Waals surface area contributed by atoms with Gasteiger partial charge in [0.15, 0.2) is 0 Å². The molecule has 0 fully saturated rings. The smallest absolute Gasteiger partial charge is 0.303 e. The number of nitrogens with zero attached hydrogens (tertiary/aromatic N) is 1. The second kappa shape index (κ2) is 6.95. The molecule has 0 bridgehead atoms. The summed E-state index contributed by atoms with van der Waals surface area (Å²) < 4.78 is 0. The van der Waals surface area contributed by atoms with Crippen molar-refractivity contribution in [2.75, 3.05) is 6.54 Å². The summed E-state index contributed by atoms with van der Waals surface area (Å²) in [5.74, 6) is -0.720. The lowest BCUT2D eigenvalue weighted by Gasteiger charge is -2.13. The zero-order chi connectivity index (χ0) is 11.8. The molecule has 0 radical (unpaired) electrons. The van der Waals surface area contributed by atoms with Crippen LogP contribution in [0.3, 0.4) is 0 Å². The van der Waals surface area contributed by atoms with Crippen LogP contribution in [-0.4, -0.2) is 22.6 Å². The summed E-state index contributed by atoms with van der Waals surface area (Å²) in [4.78, 5) is 14.3. The Balaban J connectivity index is 2.16. The summed E-state index contributed by atoms with van der Waals surface area (Å²) in [5.41, 5.74) is 1.20. The second-order valence-electron chi connectivity index (χ2n) is 3.81. The topological polar surface area (TPSA) is 62.2 Å². The predicted octanol–water partition coefficient (Wildman–Crippen LogP) is 1.99. The van der Waals surface area contributed by atoms with Crippen LogP contribution in [-0.2, 0) is 4.79 Å². The molecule has 88 valence electrons. The monoisotopic (exact) mass is 222 g/mol. The highest BCUT2D eigenvalue weighted by Crippen LogP contribution is 2.09. The molecule has 1 heterocycles. The van der Waals surface area contributed by atoms with Crippen molar-refractivity contribution < 1.29 is 9.90 Å². The quantitative estimate of drug-likeness (QED) is 0.692. The first kappa shape index (κ1) is 12.6. The Labute approximate surface area is 95.7 Å². The summed E-state index contributed by atoms with van der Waals surface area (Å²) in [6.07, 6.45) is 5.42. The number of aliphatic carboxylic acids is 1. The molecule has 4 nitrogen and oxygen atoms in total. The maximum atomic E-state index is 10.3. The van der Waals surface area contributed by atoms with Gasteiger partial charge in [0.1, 0.15) is 0 Å². The molecular weight excluding hydrogens is 204 g/mol. The predicted molar refractivity (Wildman–Crippen MR) is 62.1 cm³/mol. The van der Waals surface area contributed by atoms with E-state index in [1.165, 1.54) is 5.56 Å². The van der Waals surface area contributed by atoms with Crippen molar-refractivity contribution in [3.8, 4) is 0 Å². The van der Waals surface area contributed by atoms with Crippen LogP contribution in [0.4, 0.5) is 0 Å². The Morgan fingerprint density at radius 1 is 1.44 bits per heavy atom. The molecule has 1 rings (SSSR count). The van der Waals surface area contributed by atoms with Crippen molar-refractivity contribution in [3.63, 3.8) is 0 Å². The minimum atomic E-state index is -0.720. The largest absolute Gasteiger partial charge is 0.481 e. The van der Waals surface area contributed by atoms with Gasteiger partial charge in [-0.3, -0.25) is 9.78 Å². The molecule has 0 spiro atoms. The number of carbonyl (C=O) groups is 1. The average Bonchev–Trinajstić information content (AvgIpc) is 2.29. The lowest BCUT2D eigenvalue weighted by Crippen LogP contribution is -2.19. The van der Waals surface area contributed by atoms with E-state index in [2.05, 4.69) is 17.2 Å². The number of carboxylic acids is 1. The van der Waals surface area contributed by atoms with Crippen LogP contribution in [0, 0.1) is 0 Å². The zero-order valence-corrected chi connectivity index (χ0v) is 9.52. The first-order chi connectivity index (χ1) is 7.70. The fraction of sp³-hybridized carbons (Fsp3) is 0.500. The molecule has 1 aromatic heterocycles. The van der Waals surface area contributed by atoms with Crippen LogP contribution in [0.25, 0.3) is 0 Å². The Morgan fingerprint density at radius 2 is 2.12 bits per heavy atom. The van der Waals surface area contributed by atoms with E-state index in [1.807, 2.05) is 12.1 Å². The maximum absolute atomic E-state index is 10.3. The van der Waals surface area contributed by atoms with Crippen molar-refractivity contribution in [1.29, 1.82) is 0 Å². The van der Waals surface area contributed by atoms with E-state index in [1.54, 1.807) is 12.4 Å². The highest BCUT2D eigenvalue weighted by atomic mass is 16.4. The van der Waals surface area contributed by atoms with Crippen LogP contribution in [0.15, 0.2) is 24.5 Å². The fourth-order valence-electron chi connectivity index (χ4n) is 1.49. The van der Waals surface area contributed by atoms with Crippen molar-refractivity contribution in [3.05, 3.63) is 30.1 Å². The number of carboxylic acid groups (broad SMARTS) is 1. The molecule has 1 aromatic rings. The van der Waals surface area contributed by atoms with Crippen LogP contribution < -0.4 is 5.32 Å². The first-order valence-electron chi connectivity index (χ1n) is 5.55. The van der Waals surface area contributed by atoms with Crippen LogP contribution in [0.1, 0.15) is 37.8 Å². The van der Waals surface area contributed by atoms with Crippen molar-refractivity contribution in [1.82, 2.24) is 10.3 Å². The molecule has 2 N–H and O–H groups in total. The Hall–Kier alpha value is -1.42. The second-order valence-corrected chi connectivity index (χ2v) is 3.81. The molecule has 0 amide bonds. The number of unbranched alkanes of at least 4 members (excludes halogenated alkanes) is 1. The van der Waals surface area contributed by atoms with Crippen LogP contribution in [0.5, 0.6) is 0 Å². The van der Waals surface area contributed by atoms with Gasteiger partial charge in [0.25, 0.3) is 0 Å². The Morgan fingerprint density at radius 3 is 2.75 bits per heavy atom. The minimum Gasteiger partial charge on any atom is -0.481 e. The highest BCUT2D eigenvalue weighted by molar-refractivity contribution is 5.66. The van der Waals surface area contributed by atoms with E-state index in [0.29, 0.717) is 0 Å². The van der Waals surface area contributed by atoms with E-state index in [0.717, 1.165) is 19.4 Å². The molecule has 4 heteroatoms. The third-order valence-electron chi connectivity index (χ3n) is 2.47. The highest BCUT2D eigenvalue weighted by Gasteiger charge is 2.03. The zero-order valence-electron chi connectivity index (χ0n) is 9.52. The number of aromatic nitrogens is 1. The molecule has 0 unspecified atom stereocenters. The molecule has 16 heavy (non-hydrogen) atoms. The third-order valence-corrected chi connectivity index (χ3v) is 2.47. The van der Waals surface area contributed by atoms with Crippen molar-refractivity contribution in [2.24, 2.45) is 0 Å². The SMILES string of the molecule is C[C@H](NCCCCC(=O)O)c1ccncc1. The van der Waals surface area contributed by atoms with Crippen LogP contribution in [0.2, 0.25) is 0 Å². The molecule has 0 aliphatic rings. The van der Waals surface area contributed by atoms with Gasteiger partial charge in [0.2, 0.25) is 0 Å². The van der Waals surface area contributed by atoms with E-state index in [9.17, 15) is 4.79 Å². The van der Waals surface area contributed by atoms with Gasteiger partial charge >= 0.3 is 5.97 Å². The third kappa shape index (κ3) is 4.89. The van der Waals surface area contributed by atoms with E-state index >= 15 is 0 Å². The van der Waals surface area contributed by atoms with Gasteiger partial charge in [0.05, 0.1) is 0 Å². The van der Waals surface area contributed by atoms with Gasteiger partial charge < -0.3 is 10.4 Å². The Bertz CT molecular complexity index is 314. The summed E-state index contributed by atoms with van der Waals surface area (Å²) >= 11 is 0. The molecule has 0 saturated carbocycles. The van der Waals surface area contributed by atoms with Gasteiger partial charge in [-0.25, -0.2) is 0 Å². The first-order valence-corrected chi connectivity index (χ1v) is 5.55. The van der Waals surface area contributed by atoms with Gasteiger partial charge in [-0.2, -0.15) is 0 Å². The van der Waals surface area contributed by atoms with Gasteiger partial charge in [0, 0.05) is 24.9 Å². The maximum Gasteiger partial charge on any atom is 0.303 e. The molecule has 1 atom stereocenters. The lowest BCUT2D eigenvalue weighted by molar-refractivity contribution is -0.137. The fourth-order valence-corrected chi connectivity index (χ4v) is 1.49. The van der Waals surface area contributed by atoms with Gasteiger partial charge in [-0.15, -0.1) is 0 Å². The average molecular weight is 222 g/mol. The normalized spacial score (nSPS) is 12.3. The number of rotatable bonds is 7. The van der Waals surface area contributed by atoms with E-state index in [-0.39, 0.29) is 12.5 Å². The van der Waals surface area contributed by atoms with Crippen molar-refractivity contribution >= 4 is 5.97 Å². The van der Waals surface area contributed by atoms with Gasteiger partial charge in [-0.1, -0.05) is 0 Å². The van der Waals surface area contributed by atoms with Crippen LogP contribution >= 0.6 is 0 Å². The van der Waals surface area contributed by atoms with Crippen molar-refractivity contribution in [2.45, 2.75) is 32.2 Å². The number of nitrogens with one attached hydrogen (secondary N) is 1. The molecular formula is C12H18N2O2.